The van der Waals surface area contributed by atoms with Crippen LogP contribution >= 0.6 is 12.2 Å². The number of methoxy groups -OCH3 is 1. The number of aromatic nitrogens is 2. The van der Waals surface area contributed by atoms with Gasteiger partial charge in [0.1, 0.15) is 0 Å². The van der Waals surface area contributed by atoms with Gasteiger partial charge in [0, 0.05) is 25.8 Å². The lowest BCUT2D eigenvalue weighted by molar-refractivity contribution is -0.149. The van der Waals surface area contributed by atoms with Crippen molar-refractivity contribution in [2.24, 2.45) is 5.92 Å². The number of hydrogen-bond acceptors (Lipinski definition) is 6. The molecule has 0 radical (unpaired) electrons. The van der Waals surface area contributed by atoms with E-state index in [0.717, 1.165) is 6.42 Å². The van der Waals surface area contributed by atoms with E-state index < -0.39 is 0 Å². The van der Waals surface area contributed by atoms with E-state index in [1.54, 1.807) is 37.1 Å². The van der Waals surface area contributed by atoms with Crippen LogP contribution in [0.4, 0.5) is 0 Å². The van der Waals surface area contributed by atoms with Crippen LogP contribution in [0, 0.1) is 10.7 Å². The number of esters is 1. The third-order valence-electron chi connectivity index (χ3n) is 5.08. The van der Waals surface area contributed by atoms with Gasteiger partial charge in [0.25, 0.3) is 11.5 Å². The second-order valence-corrected chi connectivity index (χ2v) is 7.37. The molecular weight excluding hydrogens is 394 g/mol. The molecule has 1 amide bonds. The van der Waals surface area contributed by atoms with Gasteiger partial charge < -0.3 is 19.4 Å². The number of nitrogens with zero attached hydrogens (tertiary/aromatic N) is 2. The van der Waals surface area contributed by atoms with Gasteiger partial charge in [0.2, 0.25) is 0 Å². The van der Waals surface area contributed by atoms with Crippen LogP contribution in [0.25, 0.3) is 10.9 Å². The number of amides is 1. The summed E-state index contributed by atoms with van der Waals surface area (Å²) < 4.78 is 11.8. The highest BCUT2D eigenvalue weighted by Gasteiger charge is 2.30. The Hall–Kier alpha value is -2.52. The van der Waals surface area contributed by atoms with Gasteiger partial charge in [-0.3, -0.25) is 19.0 Å². The number of hydrogen-bond donors (Lipinski definition) is 1. The second kappa shape index (κ2) is 9.32. The molecule has 1 fully saturated rings. The molecule has 3 rings (SSSR count). The van der Waals surface area contributed by atoms with Crippen molar-refractivity contribution in [1.29, 1.82) is 0 Å². The minimum Gasteiger partial charge on any atom is -0.466 e. The zero-order chi connectivity index (χ0) is 21.0. The molecule has 0 bridgehead atoms. The zero-order valence-corrected chi connectivity index (χ0v) is 17.4. The number of carbonyl (C=O) groups is 2. The van der Waals surface area contributed by atoms with E-state index in [2.05, 4.69) is 4.98 Å². The molecule has 29 heavy (non-hydrogen) atoms. The first-order valence-electron chi connectivity index (χ1n) is 9.68. The molecule has 0 spiro atoms. The molecule has 1 aliphatic rings. The van der Waals surface area contributed by atoms with Gasteiger partial charge in [-0.25, -0.2) is 0 Å². The van der Waals surface area contributed by atoms with Gasteiger partial charge in [-0.05, 0) is 50.2 Å². The molecule has 1 atom stereocenters. The van der Waals surface area contributed by atoms with Crippen molar-refractivity contribution in [3.8, 4) is 0 Å². The van der Waals surface area contributed by atoms with Gasteiger partial charge in [-0.15, -0.1) is 0 Å². The Kier molecular flexibility index (Phi) is 6.81. The molecule has 1 aliphatic heterocycles. The first-order chi connectivity index (χ1) is 14.0. The molecule has 0 saturated carbocycles. The monoisotopic (exact) mass is 419 g/mol. The molecule has 2 aromatic rings. The summed E-state index contributed by atoms with van der Waals surface area (Å²) >= 11 is 5.29. The Morgan fingerprint density at radius 1 is 1.34 bits per heavy atom. The third kappa shape index (κ3) is 4.56. The maximum Gasteiger partial charge on any atom is 0.310 e. The first kappa shape index (κ1) is 21.2. The smallest absolute Gasteiger partial charge is 0.310 e. The number of H-pyrrole nitrogens is 1. The zero-order valence-electron chi connectivity index (χ0n) is 16.6. The molecule has 8 nitrogen and oxygen atoms in total. The molecule has 2 heterocycles. The normalized spacial score (nSPS) is 16.8. The molecule has 156 valence electrons. The van der Waals surface area contributed by atoms with Crippen molar-refractivity contribution in [2.45, 2.75) is 26.3 Å². The van der Waals surface area contributed by atoms with Crippen molar-refractivity contribution >= 4 is 35.0 Å². The average Bonchev–Trinajstić information content (AvgIpc) is 2.73. The summed E-state index contributed by atoms with van der Waals surface area (Å²) in [6.45, 7) is 3.74. The Labute approximate surface area is 173 Å². The van der Waals surface area contributed by atoms with Crippen molar-refractivity contribution < 1.29 is 19.1 Å². The highest BCUT2D eigenvalue weighted by atomic mass is 32.1. The van der Waals surface area contributed by atoms with Crippen LogP contribution in [0.1, 0.15) is 30.1 Å². The fourth-order valence-corrected chi connectivity index (χ4v) is 3.85. The maximum absolute atomic E-state index is 13.0. The minimum absolute atomic E-state index is 0.177. The first-order valence-corrected chi connectivity index (χ1v) is 10.1. The summed E-state index contributed by atoms with van der Waals surface area (Å²) in [4.78, 5) is 42.4. The van der Waals surface area contributed by atoms with Crippen LogP contribution < -0.4 is 5.56 Å². The number of rotatable bonds is 6. The summed E-state index contributed by atoms with van der Waals surface area (Å²) in [6, 6.07) is 4.91. The van der Waals surface area contributed by atoms with Crippen LogP contribution in [0.2, 0.25) is 0 Å². The fourth-order valence-electron chi connectivity index (χ4n) is 3.57. The Balaban J connectivity index is 1.86. The number of fused-ring (bicyclic) bond motifs is 1. The number of piperidine rings is 1. The predicted octanol–water partition coefficient (Wildman–Crippen LogP) is 2.12. The van der Waals surface area contributed by atoms with E-state index >= 15 is 0 Å². The van der Waals surface area contributed by atoms with Crippen LogP contribution in [-0.4, -0.2) is 59.7 Å². The van der Waals surface area contributed by atoms with Gasteiger partial charge in [0.05, 0.1) is 36.6 Å². The standard InChI is InChI=1S/C20H25N3O5S/c1-3-28-19(26)14-5-4-8-22(12-14)17(24)13-6-7-15-16(11-13)21-20(29)23(18(15)25)9-10-27-2/h6-7,11,14H,3-5,8-10,12H2,1-2H3,(H,21,29)/t14-/m1/s1. The van der Waals surface area contributed by atoms with Crippen molar-refractivity contribution in [3.05, 3.63) is 38.9 Å². The lowest BCUT2D eigenvalue weighted by Gasteiger charge is -2.31. The summed E-state index contributed by atoms with van der Waals surface area (Å²) in [7, 11) is 1.56. The van der Waals surface area contributed by atoms with Crippen LogP contribution in [-0.2, 0) is 20.8 Å². The number of aromatic amines is 1. The van der Waals surface area contributed by atoms with E-state index in [0.29, 0.717) is 55.7 Å². The van der Waals surface area contributed by atoms with Crippen molar-refractivity contribution in [1.82, 2.24) is 14.5 Å². The van der Waals surface area contributed by atoms with Crippen molar-refractivity contribution in [2.75, 3.05) is 33.4 Å². The third-order valence-corrected chi connectivity index (χ3v) is 5.40. The van der Waals surface area contributed by atoms with Gasteiger partial charge in [0.15, 0.2) is 4.77 Å². The molecule has 0 aliphatic carbocycles. The summed E-state index contributed by atoms with van der Waals surface area (Å²) in [5.74, 6) is -0.736. The SMILES string of the molecule is CCOC(=O)[C@@H]1CCCN(C(=O)c2ccc3c(=O)n(CCOC)c(=S)[nH]c3c2)C1. The topological polar surface area (TPSA) is 93.6 Å². The lowest BCUT2D eigenvalue weighted by atomic mass is 9.97. The van der Waals surface area contributed by atoms with E-state index in [1.807, 2.05) is 0 Å². The summed E-state index contributed by atoms with van der Waals surface area (Å²) in [5.41, 5.74) is 0.736. The number of likely N-dealkylation sites (tertiary alicyclic amines) is 1. The van der Waals surface area contributed by atoms with Gasteiger partial charge in [-0.2, -0.15) is 0 Å². The number of ether oxygens (including phenoxy) is 2. The molecule has 1 N–H and O–H groups in total. The number of nitrogens with one attached hydrogen (secondary N) is 1. The molecule has 9 heteroatoms. The minimum atomic E-state index is -0.299. The quantitative estimate of drug-likeness (QED) is 0.569. The maximum atomic E-state index is 13.0. The van der Waals surface area contributed by atoms with Gasteiger partial charge >= 0.3 is 5.97 Å². The highest BCUT2D eigenvalue weighted by Crippen LogP contribution is 2.21. The lowest BCUT2D eigenvalue weighted by Crippen LogP contribution is -2.42. The number of benzene rings is 1. The van der Waals surface area contributed by atoms with Gasteiger partial charge in [-0.1, -0.05) is 0 Å². The second-order valence-electron chi connectivity index (χ2n) is 6.98. The van der Waals surface area contributed by atoms with Crippen LogP contribution in [0.3, 0.4) is 0 Å². The van der Waals surface area contributed by atoms with E-state index in [9.17, 15) is 14.4 Å². The summed E-state index contributed by atoms with van der Waals surface area (Å²) in [6.07, 6.45) is 1.46. The summed E-state index contributed by atoms with van der Waals surface area (Å²) in [5, 5.41) is 0.453. The van der Waals surface area contributed by atoms with Crippen LogP contribution in [0.15, 0.2) is 23.0 Å². The highest BCUT2D eigenvalue weighted by molar-refractivity contribution is 7.71. The molecule has 1 aromatic carbocycles. The number of carbonyl (C=O) groups excluding carboxylic acids is 2. The Bertz CT molecular complexity index is 1030. The molecule has 1 saturated heterocycles. The molecule has 0 unspecified atom stereocenters. The predicted molar refractivity (Wildman–Crippen MR) is 111 cm³/mol. The van der Waals surface area contributed by atoms with E-state index in [-0.39, 0.29) is 28.1 Å². The fraction of sp³-hybridized carbons (Fsp3) is 0.500. The Morgan fingerprint density at radius 2 is 2.14 bits per heavy atom. The van der Waals surface area contributed by atoms with E-state index in [4.69, 9.17) is 21.7 Å². The van der Waals surface area contributed by atoms with Crippen LogP contribution in [0.5, 0.6) is 0 Å². The van der Waals surface area contributed by atoms with E-state index in [1.165, 1.54) is 4.57 Å². The largest absolute Gasteiger partial charge is 0.466 e. The molecule has 1 aromatic heterocycles. The molecular formula is C20H25N3O5S. The van der Waals surface area contributed by atoms with Crippen molar-refractivity contribution in [3.63, 3.8) is 0 Å². The average molecular weight is 420 g/mol. The Morgan fingerprint density at radius 3 is 2.86 bits per heavy atom.